The molecule has 142 valence electrons. The van der Waals surface area contributed by atoms with Gasteiger partial charge in [0.1, 0.15) is 0 Å². The van der Waals surface area contributed by atoms with Gasteiger partial charge in [0.25, 0.3) is 10.1 Å². The standard InChI is InChI=1S/C13H24O.C7H8O3S/c1-2-3-4-5-6-7-8-9-10-11-12-13-14;1-6-2-4-7(5-3-6)11(8,9)10/h1,14H,3-13H2;2-5H,1H3,(H,8,9,10). The van der Waals surface area contributed by atoms with Gasteiger partial charge in [-0.3, -0.25) is 4.55 Å². The highest BCUT2D eigenvalue weighted by Gasteiger charge is 2.06. The van der Waals surface area contributed by atoms with Crippen LogP contribution in [0.25, 0.3) is 0 Å². The van der Waals surface area contributed by atoms with Gasteiger partial charge in [-0.2, -0.15) is 8.42 Å². The molecule has 0 amide bonds. The van der Waals surface area contributed by atoms with E-state index in [1.54, 1.807) is 12.1 Å². The quantitative estimate of drug-likeness (QED) is 0.336. The Kier molecular flexibility index (Phi) is 14.1. The zero-order chi connectivity index (χ0) is 19.0. The van der Waals surface area contributed by atoms with E-state index in [9.17, 15) is 8.42 Å². The molecule has 0 aliphatic carbocycles. The minimum atomic E-state index is -4.02. The summed E-state index contributed by atoms with van der Waals surface area (Å²) in [5, 5.41) is 8.57. The lowest BCUT2D eigenvalue weighted by atomic mass is 10.1. The smallest absolute Gasteiger partial charge is 0.294 e. The lowest BCUT2D eigenvalue weighted by Crippen LogP contribution is -1.96. The van der Waals surface area contributed by atoms with Crippen LogP contribution >= 0.6 is 0 Å². The average Bonchev–Trinajstić information content (AvgIpc) is 2.57. The Labute approximate surface area is 153 Å². The zero-order valence-electron chi connectivity index (χ0n) is 15.3. The second kappa shape index (κ2) is 14.9. The van der Waals surface area contributed by atoms with Gasteiger partial charge in [-0.15, -0.1) is 12.3 Å². The first-order chi connectivity index (χ1) is 11.9. The number of unbranched alkanes of at least 4 members (excludes halogenated alkanes) is 9. The fourth-order valence-electron chi connectivity index (χ4n) is 2.29. The molecule has 0 aliphatic rings. The summed E-state index contributed by atoms with van der Waals surface area (Å²) in [7, 11) is -4.02. The van der Waals surface area contributed by atoms with Crippen LogP contribution in [-0.2, 0) is 10.1 Å². The third-order valence-corrected chi connectivity index (χ3v) is 4.67. The van der Waals surface area contributed by atoms with Crippen LogP contribution in [0.3, 0.4) is 0 Å². The predicted octanol–water partition coefficient (Wildman–Crippen LogP) is 4.75. The number of rotatable bonds is 11. The van der Waals surface area contributed by atoms with Crippen LogP contribution in [0.1, 0.15) is 69.8 Å². The number of terminal acetylenes is 1. The van der Waals surface area contributed by atoms with Gasteiger partial charge >= 0.3 is 0 Å². The average molecular weight is 369 g/mol. The van der Waals surface area contributed by atoms with Crippen molar-refractivity contribution in [3.8, 4) is 12.3 Å². The summed E-state index contributed by atoms with van der Waals surface area (Å²) in [4.78, 5) is -0.0666. The van der Waals surface area contributed by atoms with E-state index in [0.29, 0.717) is 6.61 Å². The molecule has 1 aromatic rings. The van der Waals surface area contributed by atoms with Gasteiger partial charge in [0.2, 0.25) is 0 Å². The highest BCUT2D eigenvalue weighted by molar-refractivity contribution is 7.85. The third kappa shape index (κ3) is 14.7. The van der Waals surface area contributed by atoms with Gasteiger partial charge in [0.15, 0.2) is 0 Å². The van der Waals surface area contributed by atoms with Gasteiger partial charge in [0, 0.05) is 13.0 Å². The Morgan fingerprint density at radius 3 is 1.72 bits per heavy atom. The van der Waals surface area contributed by atoms with Crippen molar-refractivity contribution in [1.29, 1.82) is 0 Å². The molecular weight excluding hydrogens is 336 g/mol. The maximum absolute atomic E-state index is 10.5. The van der Waals surface area contributed by atoms with E-state index in [1.807, 2.05) is 6.92 Å². The van der Waals surface area contributed by atoms with Crippen molar-refractivity contribution in [2.45, 2.75) is 76.0 Å². The summed E-state index contributed by atoms with van der Waals surface area (Å²) >= 11 is 0. The molecule has 5 heteroatoms. The Morgan fingerprint density at radius 1 is 0.880 bits per heavy atom. The van der Waals surface area contributed by atoms with Crippen molar-refractivity contribution in [1.82, 2.24) is 0 Å². The Hall–Kier alpha value is -1.35. The SMILES string of the molecule is C#CCCCCCCCCCCCO.Cc1ccc(S(=O)(=O)O)cc1. The summed E-state index contributed by atoms with van der Waals surface area (Å²) in [6.07, 6.45) is 17.4. The summed E-state index contributed by atoms with van der Waals surface area (Å²) in [6.45, 7) is 2.19. The summed E-state index contributed by atoms with van der Waals surface area (Å²) in [6, 6.07) is 5.99. The molecule has 4 nitrogen and oxygen atoms in total. The van der Waals surface area contributed by atoms with E-state index in [2.05, 4.69) is 5.92 Å². The molecule has 0 saturated carbocycles. The first-order valence-corrected chi connectivity index (χ1v) is 10.4. The van der Waals surface area contributed by atoms with E-state index in [4.69, 9.17) is 16.1 Å². The second-order valence-electron chi connectivity index (χ2n) is 6.15. The molecule has 0 aliphatic heterocycles. The van der Waals surface area contributed by atoms with Crippen LogP contribution in [0.2, 0.25) is 0 Å². The van der Waals surface area contributed by atoms with Gasteiger partial charge < -0.3 is 5.11 Å². The van der Waals surface area contributed by atoms with Gasteiger partial charge in [0.05, 0.1) is 4.90 Å². The summed E-state index contributed by atoms with van der Waals surface area (Å²) in [5.74, 6) is 2.67. The molecule has 1 aromatic carbocycles. The first-order valence-electron chi connectivity index (χ1n) is 9.00. The number of benzene rings is 1. The Bertz CT molecular complexity index is 571. The minimum Gasteiger partial charge on any atom is -0.396 e. The van der Waals surface area contributed by atoms with Crippen LogP contribution in [0, 0.1) is 19.3 Å². The van der Waals surface area contributed by atoms with Crippen molar-refractivity contribution < 1.29 is 18.1 Å². The van der Waals surface area contributed by atoms with Crippen molar-refractivity contribution in [2.24, 2.45) is 0 Å². The molecular formula is C20H32O4S. The maximum Gasteiger partial charge on any atom is 0.294 e. The van der Waals surface area contributed by atoms with Crippen molar-refractivity contribution in [3.63, 3.8) is 0 Å². The van der Waals surface area contributed by atoms with Crippen molar-refractivity contribution >= 4 is 10.1 Å². The lowest BCUT2D eigenvalue weighted by Gasteiger charge is -2.00. The van der Waals surface area contributed by atoms with Crippen LogP contribution in [0.15, 0.2) is 29.2 Å². The lowest BCUT2D eigenvalue weighted by molar-refractivity contribution is 0.282. The second-order valence-corrected chi connectivity index (χ2v) is 7.57. The van der Waals surface area contributed by atoms with Crippen LogP contribution in [0.5, 0.6) is 0 Å². The van der Waals surface area contributed by atoms with Crippen LogP contribution < -0.4 is 0 Å². The Balaban J connectivity index is 0.000000472. The maximum atomic E-state index is 10.5. The number of hydrogen-bond acceptors (Lipinski definition) is 3. The van der Waals surface area contributed by atoms with E-state index in [1.165, 1.54) is 63.5 Å². The molecule has 0 aromatic heterocycles. The monoisotopic (exact) mass is 368 g/mol. The molecule has 0 heterocycles. The minimum absolute atomic E-state index is 0.0666. The number of hydrogen-bond donors (Lipinski definition) is 2. The summed E-state index contributed by atoms with van der Waals surface area (Å²) < 4.78 is 29.6. The third-order valence-electron chi connectivity index (χ3n) is 3.80. The van der Waals surface area contributed by atoms with Crippen LogP contribution in [-0.4, -0.2) is 24.7 Å². The van der Waals surface area contributed by atoms with Gasteiger partial charge in [-0.25, -0.2) is 0 Å². The summed E-state index contributed by atoms with van der Waals surface area (Å²) in [5.41, 5.74) is 0.956. The molecule has 0 unspecified atom stereocenters. The first kappa shape index (κ1) is 23.6. The van der Waals surface area contributed by atoms with Crippen LogP contribution in [0.4, 0.5) is 0 Å². The molecule has 2 N–H and O–H groups in total. The fourth-order valence-corrected chi connectivity index (χ4v) is 2.77. The molecule has 0 atom stereocenters. The van der Waals surface area contributed by atoms with Crippen molar-refractivity contribution in [3.05, 3.63) is 29.8 Å². The van der Waals surface area contributed by atoms with Gasteiger partial charge in [-0.05, 0) is 31.9 Å². The van der Waals surface area contributed by atoms with Gasteiger partial charge in [-0.1, -0.05) is 62.6 Å². The largest absolute Gasteiger partial charge is 0.396 e. The molecule has 25 heavy (non-hydrogen) atoms. The molecule has 0 fully saturated rings. The fraction of sp³-hybridized carbons (Fsp3) is 0.600. The normalized spacial score (nSPS) is 10.6. The van der Waals surface area contributed by atoms with Crippen molar-refractivity contribution in [2.75, 3.05) is 6.61 Å². The molecule has 0 bridgehead atoms. The molecule has 1 rings (SSSR count). The zero-order valence-corrected chi connectivity index (χ0v) is 16.1. The van der Waals surface area contributed by atoms with E-state index < -0.39 is 10.1 Å². The highest BCUT2D eigenvalue weighted by Crippen LogP contribution is 2.10. The number of aliphatic hydroxyl groups excluding tert-OH is 1. The topological polar surface area (TPSA) is 74.6 Å². The molecule has 0 saturated heterocycles. The molecule has 0 spiro atoms. The number of aliphatic hydroxyl groups is 1. The predicted molar refractivity (Wildman–Crippen MR) is 103 cm³/mol. The number of aryl methyl sites for hydroxylation is 1. The van der Waals surface area contributed by atoms with E-state index >= 15 is 0 Å². The molecule has 0 radical (unpaired) electrons. The highest BCUT2D eigenvalue weighted by atomic mass is 32.2. The Morgan fingerprint density at radius 2 is 1.32 bits per heavy atom. The van der Waals surface area contributed by atoms with E-state index in [0.717, 1.165) is 18.4 Å². The van der Waals surface area contributed by atoms with E-state index in [-0.39, 0.29) is 4.90 Å².